The van der Waals surface area contributed by atoms with E-state index in [2.05, 4.69) is 15.9 Å². The number of imide groups is 1. The Bertz CT molecular complexity index is 1150. The van der Waals surface area contributed by atoms with Gasteiger partial charge in [-0.15, -0.1) is 0 Å². The second-order valence-corrected chi connectivity index (χ2v) is 9.17. The van der Waals surface area contributed by atoms with Gasteiger partial charge in [-0.25, -0.2) is 4.79 Å². The molecule has 1 heterocycles. The van der Waals surface area contributed by atoms with Crippen LogP contribution in [-0.2, 0) is 14.3 Å². The molecule has 0 unspecified atom stereocenters. The molecule has 0 aromatic heterocycles. The van der Waals surface area contributed by atoms with E-state index in [9.17, 15) is 19.2 Å². The molecule has 0 spiro atoms. The van der Waals surface area contributed by atoms with Gasteiger partial charge < -0.3 is 14.2 Å². The summed E-state index contributed by atoms with van der Waals surface area (Å²) in [4.78, 5) is 50.4. The average Bonchev–Trinajstić information content (AvgIpc) is 3.03. The largest absolute Gasteiger partial charge is 0.490 e. The van der Waals surface area contributed by atoms with Crippen LogP contribution in [0.4, 0.5) is 4.79 Å². The first-order valence-corrected chi connectivity index (χ1v) is 12.0. The first kappa shape index (κ1) is 25.5. The van der Waals surface area contributed by atoms with E-state index in [1.54, 1.807) is 63.2 Å². The molecule has 0 atom stereocenters. The maximum absolute atomic E-state index is 12.7. The molecule has 0 radical (unpaired) electrons. The van der Waals surface area contributed by atoms with Crippen molar-refractivity contribution >= 4 is 56.9 Å². The number of nitrogens with zero attached hydrogens (tertiary/aromatic N) is 1. The predicted octanol–water partition coefficient (Wildman–Crippen LogP) is 5.05. The van der Waals surface area contributed by atoms with E-state index in [1.807, 2.05) is 0 Å². The molecule has 34 heavy (non-hydrogen) atoms. The summed E-state index contributed by atoms with van der Waals surface area (Å²) in [5.74, 6) is -1.33. The van der Waals surface area contributed by atoms with E-state index in [0.717, 1.165) is 16.7 Å². The number of hydrogen-bond donors (Lipinski definition) is 0. The number of thioether (sulfide) groups is 1. The van der Waals surface area contributed by atoms with Crippen LogP contribution in [-0.4, -0.2) is 47.2 Å². The standard InChI is InChI=1S/C24H22BrNO7S/c1-4-31-18-11-15(10-17(25)21(18)33-23(29)16-8-6-5-7-9-16)12-19-22(28)26(24(30)34-19)13-20(27)32-14(2)3/h5-12,14H,4,13H2,1-3H3/b19-12-. The molecule has 178 valence electrons. The van der Waals surface area contributed by atoms with Gasteiger partial charge in [0.05, 0.1) is 27.7 Å². The fourth-order valence-electron chi connectivity index (χ4n) is 2.98. The van der Waals surface area contributed by atoms with Gasteiger partial charge in [-0.05, 0) is 84.4 Å². The van der Waals surface area contributed by atoms with Crippen molar-refractivity contribution in [1.29, 1.82) is 0 Å². The number of benzene rings is 2. The third kappa shape index (κ3) is 6.27. The number of carbonyl (C=O) groups excluding carboxylic acids is 4. The summed E-state index contributed by atoms with van der Waals surface area (Å²) in [6.07, 6.45) is 1.15. The Labute approximate surface area is 209 Å². The Morgan fingerprint density at radius 1 is 1.15 bits per heavy atom. The molecular weight excluding hydrogens is 526 g/mol. The average molecular weight is 548 g/mol. The van der Waals surface area contributed by atoms with Gasteiger partial charge >= 0.3 is 11.9 Å². The van der Waals surface area contributed by atoms with E-state index >= 15 is 0 Å². The van der Waals surface area contributed by atoms with E-state index in [4.69, 9.17) is 14.2 Å². The zero-order valence-corrected chi connectivity index (χ0v) is 21.1. The Morgan fingerprint density at radius 3 is 2.50 bits per heavy atom. The fourth-order valence-corrected chi connectivity index (χ4v) is 4.35. The van der Waals surface area contributed by atoms with Crippen LogP contribution in [0.1, 0.15) is 36.7 Å². The number of carbonyl (C=O) groups is 4. The summed E-state index contributed by atoms with van der Waals surface area (Å²) in [5, 5.41) is -0.561. The highest BCUT2D eigenvalue weighted by Crippen LogP contribution is 2.39. The van der Waals surface area contributed by atoms with Crippen molar-refractivity contribution in [2.45, 2.75) is 26.9 Å². The number of hydrogen-bond acceptors (Lipinski definition) is 8. The molecule has 0 aliphatic carbocycles. The van der Waals surface area contributed by atoms with Gasteiger partial charge in [0, 0.05) is 0 Å². The first-order valence-electron chi connectivity index (χ1n) is 10.4. The van der Waals surface area contributed by atoms with Gasteiger partial charge in [0.15, 0.2) is 11.5 Å². The molecule has 2 amide bonds. The molecule has 8 nitrogen and oxygen atoms in total. The third-order valence-corrected chi connectivity index (χ3v) is 5.86. The second-order valence-electron chi connectivity index (χ2n) is 7.33. The van der Waals surface area contributed by atoms with Crippen LogP contribution in [0.3, 0.4) is 0 Å². The minimum absolute atomic E-state index is 0.144. The monoisotopic (exact) mass is 547 g/mol. The number of rotatable bonds is 8. The van der Waals surface area contributed by atoms with Crippen molar-refractivity contribution in [3.63, 3.8) is 0 Å². The number of ether oxygens (including phenoxy) is 3. The highest BCUT2D eigenvalue weighted by atomic mass is 79.9. The fraction of sp³-hybridized carbons (Fsp3) is 0.250. The quantitative estimate of drug-likeness (QED) is 0.257. The minimum atomic E-state index is -0.662. The molecule has 1 saturated heterocycles. The van der Waals surface area contributed by atoms with Crippen molar-refractivity contribution in [3.05, 3.63) is 63.0 Å². The molecule has 2 aromatic rings. The van der Waals surface area contributed by atoms with Crippen LogP contribution in [0.15, 0.2) is 51.8 Å². The lowest BCUT2D eigenvalue weighted by Crippen LogP contribution is -2.35. The molecule has 10 heteroatoms. The Hall–Kier alpha value is -3.11. The maximum atomic E-state index is 12.7. The Kier molecular flexibility index (Phi) is 8.51. The summed E-state index contributed by atoms with van der Waals surface area (Å²) in [6, 6.07) is 11.8. The second kappa shape index (κ2) is 11.3. The molecule has 1 aliphatic heterocycles. The molecule has 1 fully saturated rings. The number of esters is 2. The highest BCUT2D eigenvalue weighted by Gasteiger charge is 2.37. The Balaban J connectivity index is 1.85. The molecule has 2 aromatic carbocycles. The SMILES string of the molecule is CCOc1cc(/C=C2\SC(=O)N(CC(=O)OC(C)C)C2=O)cc(Br)c1OC(=O)c1ccccc1. The summed E-state index contributed by atoms with van der Waals surface area (Å²) in [6.45, 7) is 4.99. The molecule has 1 aliphatic rings. The zero-order chi connectivity index (χ0) is 24.8. The van der Waals surface area contributed by atoms with Gasteiger partial charge in [-0.1, -0.05) is 18.2 Å². The van der Waals surface area contributed by atoms with Crippen LogP contribution in [0.25, 0.3) is 6.08 Å². The van der Waals surface area contributed by atoms with Gasteiger partial charge in [-0.3, -0.25) is 19.3 Å². The first-order chi connectivity index (χ1) is 16.2. The molecule has 0 bridgehead atoms. The topological polar surface area (TPSA) is 99.2 Å². The Morgan fingerprint density at radius 2 is 1.85 bits per heavy atom. The third-order valence-electron chi connectivity index (χ3n) is 4.36. The van der Waals surface area contributed by atoms with Gasteiger partial charge in [-0.2, -0.15) is 0 Å². The van der Waals surface area contributed by atoms with Crippen molar-refractivity contribution in [2.75, 3.05) is 13.2 Å². The van der Waals surface area contributed by atoms with Crippen molar-refractivity contribution < 1.29 is 33.4 Å². The van der Waals surface area contributed by atoms with Crippen LogP contribution < -0.4 is 9.47 Å². The molecule has 3 rings (SSSR count). The van der Waals surface area contributed by atoms with E-state index in [1.165, 1.54) is 6.08 Å². The number of amides is 2. The van der Waals surface area contributed by atoms with Gasteiger partial charge in [0.1, 0.15) is 6.54 Å². The summed E-state index contributed by atoms with van der Waals surface area (Å²) < 4.78 is 16.6. The highest BCUT2D eigenvalue weighted by molar-refractivity contribution is 9.10. The lowest BCUT2D eigenvalue weighted by atomic mass is 10.1. The van der Waals surface area contributed by atoms with Crippen LogP contribution in [0.5, 0.6) is 11.5 Å². The van der Waals surface area contributed by atoms with E-state index in [0.29, 0.717) is 22.2 Å². The van der Waals surface area contributed by atoms with Crippen molar-refractivity contribution in [2.24, 2.45) is 0 Å². The number of halogens is 1. The van der Waals surface area contributed by atoms with Gasteiger partial charge in [0.25, 0.3) is 11.1 Å². The lowest BCUT2D eigenvalue weighted by molar-refractivity contribution is -0.149. The summed E-state index contributed by atoms with van der Waals surface area (Å²) in [5.41, 5.74) is 0.913. The lowest BCUT2D eigenvalue weighted by Gasteiger charge is -2.14. The summed E-state index contributed by atoms with van der Waals surface area (Å²) >= 11 is 4.12. The maximum Gasteiger partial charge on any atom is 0.343 e. The van der Waals surface area contributed by atoms with Crippen LogP contribution in [0, 0.1) is 0 Å². The van der Waals surface area contributed by atoms with E-state index in [-0.39, 0.29) is 22.5 Å². The van der Waals surface area contributed by atoms with Crippen molar-refractivity contribution in [3.8, 4) is 11.5 Å². The summed E-state index contributed by atoms with van der Waals surface area (Å²) in [7, 11) is 0. The van der Waals surface area contributed by atoms with E-state index < -0.39 is 29.6 Å². The molecule has 0 N–H and O–H groups in total. The predicted molar refractivity (Wildman–Crippen MR) is 131 cm³/mol. The normalized spacial score (nSPS) is 14.6. The van der Waals surface area contributed by atoms with Gasteiger partial charge in [0.2, 0.25) is 0 Å². The van der Waals surface area contributed by atoms with Crippen molar-refractivity contribution in [1.82, 2.24) is 4.90 Å². The molecular formula is C24H22BrNO7S. The van der Waals surface area contributed by atoms with Crippen LogP contribution in [0.2, 0.25) is 0 Å². The van der Waals surface area contributed by atoms with Crippen LogP contribution >= 0.6 is 27.7 Å². The molecule has 0 saturated carbocycles. The smallest absolute Gasteiger partial charge is 0.343 e. The zero-order valence-electron chi connectivity index (χ0n) is 18.7. The minimum Gasteiger partial charge on any atom is -0.490 e.